The fourth-order valence-electron chi connectivity index (χ4n) is 3.43. The first-order valence-electron chi connectivity index (χ1n) is 9.57. The summed E-state index contributed by atoms with van der Waals surface area (Å²) < 4.78 is 8.10. The standard InChI is InChI=1S/C23H27N3O2/c1-5-22(27)24-18(4)23-25-20-9-6-7-10-21(20)26(23)11-8-12-28-19-14-16(2)13-17(3)15-19/h5-7,9-10,13-15,18H,1,8,11-12H2,2-4H3,(H,24,27). The summed E-state index contributed by atoms with van der Waals surface area (Å²) in [5, 5.41) is 2.90. The molecule has 1 heterocycles. The maximum Gasteiger partial charge on any atom is 0.243 e. The lowest BCUT2D eigenvalue weighted by atomic mass is 10.1. The average Bonchev–Trinajstić information content (AvgIpc) is 3.03. The number of benzene rings is 2. The second-order valence-corrected chi connectivity index (χ2v) is 7.07. The SMILES string of the molecule is C=CC(=O)NC(C)c1nc2ccccc2n1CCCOc1cc(C)cc(C)c1. The van der Waals surface area contributed by atoms with Gasteiger partial charge in [0.1, 0.15) is 11.6 Å². The molecule has 3 rings (SSSR count). The number of amides is 1. The van der Waals surface area contributed by atoms with Crippen LogP contribution < -0.4 is 10.1 Å². The van der Waals surface area contributed by atoms with Gasteiger partial charge in [-0.1, -0.05) is 24.8 Å². The molecular formula is C23H27N3O2. The summed E-state index contributed by atoms with van der Waals surface area (Å²) >= 11 is 0. The summed E-state index contributed by atoms with van der Waals surface area (Å²) in [5.74, 6) is 1.53. The van der Waals surface area contributed by atoms with Crippen LogP contribution in [0.2, 0.25) is 0 Å². The smallest absolute Gasteiger partial charge is 0.243 e. The molecule has 146 valence electrons. The predicted octanol–water partition coefficient (Wildman–Crippen LogP) is 4.49. The lowest BCUT2D eigenvalue weighted by Crippen LogP contribution is -2.27. The molecule has 0 spiro atoms. The minimum atomic E-state index is -0.210. The van der Waals surface area contributed by atoms with Crippen molar-refractivity contribution in [1.29, 1.82) is 0 Å². The zero-order valence-electron chi connectivity index (χ0n) is 16.7. The highest BCUT2D eigenvalue weighted by Crippen LogP contribution is 2.22. The summed E-state index contributed by atoms with van der Waals surface area (Å²) in [7, 11) is 0. The molecule has 1 N–H and O–H groups in total. The van der Waals surface area contributed by atoms with Crippen molar-refractivity contribution in [3.8, 4) is 5.75 Å². The minimum Gasteiger partial charge on any atom is -0.494 e. The van der Waals surface area contributed by atoms with Crippen molar-refractivity contribution < 1.29 is 9.53 Å². The summed E-state index contributed by atoms with van der Waals surface area (Å²) in [6, 6.07) is 14.1. The van der Waals surface area contributed by atoms with E-state index in [-0.39, 0.29) is 11.9 Å². The lowest BCUT2D eigenvalue weighted by molar-refractivity contribution is -0.117. The number of hydrogen-bond acceptors (Lipinski definition) is 3. The molecule has 28 heavy (non-hydrogen) atoms. The van der Waals surface area contributed by atoms with Crippen LogP contribution >= 0.6 is 0 Å². The molecule has 1 unspecified atom stereocenters. The van der Waals surface area contributed by atoms with Crippen molar-refractivity contribution in [2.24, 2.45) is 0 Å². The van der Waals surface area contributed by atoms with E-state index < -0.39 is 0 Å². The summed E-state index contributed by atoms with van der Waals surface area (Å²) in [6.07, 6.45) is 2.11. The number of carbonyl (C=O) groups excluding carboxylic acids is 1. The fraction of sp³-hybridized carbons (Fsp3) is 0.304. The van der Waals surface area contributed by atoms with Crippen LogP contribution in [0, 0.1) is 13.8 Å². The van der Waals surface area contributed by atoms with Gasteiger partial charge in [-0.05, 0) is 68.7 Å². The van der Waals surface area contributed by atoms with Gasteiger partial charge in [0.05, 0.1) is 23.7 Å². The van der Waals surface area contributed by atoms with Gasteiger partial charge < -0.3 is 14.6 Å². The number of nitrogens with zero attached hydrogens (tertiary/aromatic N) is 2. The van der Waals surface area contributed by atoms with Crippen LogP contribution in [0.25, 0.3) is 11.0 Å². The molecule has 0 aliphatic rings. The van der Waals surface area contributed by atoms with E-state index in [9.17, 15) is 4.79 Å². The average molecular weight is 377 g/mol. The lowest BCUT2D eigenvalue weighted by Gasteiger charge is -2.16. The third kappa shape index (κ3) is 4.60. The van der Waals surface area contributed by atoms with Gasteiger partial charge >= 0.3 is 0 Å². The summed E-state index contributed by atoms with van der Waals surface area (Å²) in [5.41, 5.74) is 4.38. The normalized spacial score (nSPS) is 12.0. The number of aryl methyl sites for hydroxylation is 3. The number of hydrogen-bond donors (Lipinski definition) is 1. The van der Waals surface area contributed by atoms with Crippen LogP contribution in [0.4, 0.5) is 0 Å². The van der Waals surface area contributed by atoms with Crippen LogP contribution in [-0.4, -0.2) is 22.1 Å². The van der Waals surface area contributed by atoms with Gasteiger partial charge in [-0.25, -0.2) is 4.98 Å². The zero-order valence-corrected chi connectivity index (χ0v) is 16.7. The number of nitrogens with one attached hydrogen (secondary N) is 1. The number of aromatic nitrogens is 2. The monoisotopic (exact) mass is 377 g/mol. The Kier molecular flexibility index (Phi) is 6.14. The second-order valence-electron chi connectivity index (χ2n) is 7.07. The van der Waals surface area contributed by atoms with E-state index in [0.29, 0.717) is 6.61 Å². The van der Waals surface area contributed by atoms with Gasteiger partial charge in [0.15, 0.2) is 0 Å². The van der Waals surface area contributed by atoms with Crippen LogP contribution in [-0.2, 0) is 11.3 Å². The summed E-state index contributed by atoms with van der Waals surface area (Å²) in [4.78, 5) is 16.4. The Bertz CT molecular complexity index is 970. The van der Waals surface area contributed by atoms with Gasteiger partial charge in [0.25, 0.3) is 0 Å². The number of carbonyl (C=O) groups is 1. The maximum atomic E-state index is 11.7. The Balaban J connectivity index is 1.73. The second kappa shape index (κ2) is 8.74. The molecule has 0 bridgehead atoms. The maximum absolute atomic E-state index is 11.7. The van der Waals surface area contributed by atoms with Gasteiger partial charge in [0, 0.05) is 6.54 Å². The minimum absolute atomic E-state index is 0.204. The van der Waals surface area contributed by atoms with E-state index in [2.05, 4.69) is 54.6 Å². The Hall–Kier alpha value is -3.08. The van der Waals surface area contributed by atoms with Crippen molar-refractivity contribution >= 4 is 16.9 Å². The first-order valence-corrected chi connectivity index (χ1v) is 9.57. The highest BCUT2D eigenvalue weighted by molar-refractivity contribution is 5.87. The fourth-order valence-corrected chi connectivity index (χ4v) is 3.43. The third-order valence-electron chi connectivity index (χ3n) is 4.61. The molecule has 5 nitrogen and oxygen atoms in total. The molecule has 1 atom stereocenters. The van der Waals surface area contributed by atoms with Gasteiger partial charge in [-0.3, -0.25) is 4.79 Å². The van der Waals surface area contributed by atoms with Crippen molar-refractivity contribution in [3.05, 3.63) is 72.1 Å². The van der Waals surface area contributed by atoms with Crippen LogP contribution in [0.15, 0.2) is 55.1 Å². The van der Waals surface area contributed by atoms with Crippen LogP contribution in [0.5, 0.6) is 5.75 Å². The van der Waals surface area contributed by atoms with E-state index >= 15 is 0 Å². The molecule has 1 aromatic heterocycles. The first kappa shape index (κ1) is 19.7. The van der Waals surface area contributed by atoms with Crippen LogP contribution in [0.1, 0.15) is 36.3 Å². The molecule has 0 aliphatic heterocycles. The molecule has 0 aliphatic carbocycles. The Labute approximate surface area is 166 Å². The van der Waals surface area contributed by atoms with E-state index in [1.165, 1.54) is 17.2 Å². The van der Waals surface area contributed by atoms with Gasteiger partial charge in [-0.15, -0.1) is 0 Å². The third-order valence-corrected chi connectivity index (χ3v) is 4.61. The number of fused-ring (bicyclic) bond motifs is 1. The van der Waals surface area contributed by atoms with E-state index in [4.69, 9.17) is 9.72 Å². The molecule has 5 heteroatoms. The number of imidazole rings is 1. The molecule has 3 aromatic rings. The Morgan fingerprint density at radius 3 is 2.68 bits per heavy atom. The quantitative estimate of drug-likeness (QED) is 0.465. The van der Waals surface area contributed by atoms with Crippen molar-refractivity contribution in [3.63, 3.8) is 0 Å². The zero-order chi connectivity index (χ0) is 20.1. The molecule has 0 saturated carbocycles. The van der Waals surface area contributed by atoms with E-state index in [1.807, 2.05) is 25.1 Å². The highest BCUT2D eigenvalue weighted by Gasteiger charge is 2.17. The molecular weight excluding hydrogens is 350 g/mol. The topological polar surface area (TPSA) is 56.2 Å². The molecule has 0 fully saturated rings. The highest BCUT2D eigenvalue weighted by atomic mass is 16.5. The molecule has 0 saturated heterocycles. The number of ether oxygens (including phenoxy) is 1. The first-order chi connectivity index (χ1) is 13.5. The van der Waals surface area contributed by atoms with Gasteiger partial charge in [0.2, 0.25) is 5.91 Å². The number of rotatable bonds is 8. The molecule has 0 radical (unpaired) electrons. The Morgan fingerprint density at radius 1 is 1.25 bits per heavy atom. The largest absolute Gasteiger partial charge is 0.494 e. The van der Waals surface area contributed by atoms with Crippen LogP contribution in [0.3, 0.4) is 0 Å². The molecule has 2 aromatic carbocycles. The van der Waals surface area contributed by atoms with Crippen molar-refractivity contribution in [2.45, 2.75) is 39.8 Å². The molecule has 1 amide bonds. The van der Waals surface area contributed by atoms with Gasteiger partial charge in [-0.2, -0.15) is 0 Å². The predicted molar refractivity (Wildman–Crippen MR) is 113 cm³/mol. The van der Waals surface area contributed by atoms with Crippen molar-refractivity contribution in [2.75, 3.05) is 6.61 Å². The summed E-state index contributed by atoms with van der Waals surface area (Å²) in [6.45, 7) is 11.0. The number of para-hydroxylation sites is 2. The van der Waals surface area contributed by atoms with Crippen molar-refractivity contribution in [1.82, 2.24) is 14.9 Å². The van der Waals surface area contributed by atoms with E-state index in [0.717, 1.165) is 35.6 Å². The van der Waals surface area contributed by atoms with E-state index in [1.54, 1.807) is 0 Å². The Morgan fingerprint density at radius 2 is 1.96 bits per heavy atom.